The minimum Gasteiger partial charge on any atom is -0.368 e. The van der Waals surface area contributed by atoms with E-state index in [0.29, 0.717) is 5.02 Å². The molecule has 168 valence electrons. The minimum atomic E-state index is -4.61. The van der Waals surface area contributed by atoms with E-state index in [9.17, 15) is 26.4 Å². The molecule has 1 amide bonds. The SMILES string of the molecule is NC(=O)C(c1ccccc1)N(Cc1cccc(C(F)(F)F)c1)S(=O)(=O)c1ccc(Cl)cc1. The van der Waals surface area contributed by atoms with E-state index in [4.69, 9.17) is 17.3 Å². The molecule has 10 heteroatoms. The van der Waals surface area contributed by atoms with Crippen molar-refractivity contribution in [2.24, 2.45) is 5.73 Å². The summed E-state index contributed by atoms with van der Waals surface area (Å²) in [6, 6.07) is 15.9. The summed E-state index contributed by atoms with van der Waals surface area (Å²) >= 11 is 5.85. The standard InChI is InChI=1S/C22H18ClF3N2O3S/c23-18-9-11-19(12-10-18)32(30,31)28(20(21(27)29)16-6-2-1-3-7-16)14-15-5-4-8-17(13-15)22(24,25)26/h1-13,20H,14H2,(H2,27,29). The van der Waals surface area contributed by atoms with Crippen molar-refractivity contribution >= 4 is 27.5 Å². The second kappa shape index (κ2) is 9.32. The molecule has 0 saturated carbocycles. The number of hydrogen-bond acceptors (Lipinski definition) is 3. The number of amides is 1. The zero-order valence-electron chi connectivity index (χ0n) is 16.5. The Morgan fingerprint density at radius 2 is 1.59 bits per heavy atom. The second-order valence-corrected chi connectivity index (χ2v) is 9.24. The molecule has 3 rings (SSSR count). The van der Waals surface area contributed by atoms with Crippen molar-refractivity contribution in [3.63, 3.8) is 0 Å². The van der Waals surface area contributed by atoms with Gasteiger partial charge in [-0.2, -0.15) is 17.5 Å². The van der Waals surface area contributed by atoms with E-state index < -0.39 is 40.3 Å². The van der Waals surface area contributed by atoms with Crippen LogP contribution in [0.25, 0.3) is 0 Å². The van der Waals surface area contributed by atoms with Crippen LogP contribution >= 0.6 is 11.6 Å². The molecule has 0 radical (unpaired) electrons. The highest BCUT2D eigenvalue weighted by molar-refractivity contribution is 7.89. The van der Waals surface area contributed by atoms with Crippen LogP contribution in [0.3, 0.4) is 0 Å². The van der Waals surface area contributed by atoms with Gasteiger partial charge in [0.2, 0.25) is 15.9 Å². The lowest BCUT2D eigenvalue weighted by atomic mass is 10.1. The van der Waals surface area contributed by atoms with Crippen molar-refractivity contribution in [3.8, 4) is 0 Å². The fourth-order valence-corrected chi connectivity index (χ4v) is 4.89. The molecule has 3 aromatic carbocycles. The normalized spacial score (nSPS) is 13.2. The number of carbonyl (C=O) groups excluding carboxylic acids is 1. The fraction of sp³-hybridized carbons (Fsp3) is 0.136. The molecule has 0 spiro atoms. The molecule has 0 aliphatic rings. The second-order valence-electron chi connectivity index (χ2n) is 6.92. The average molecular weight is 483 g/mol. The van der Waals surface area contributed by atoms with Crippen molar-refractivity contribution in [1.82, 2.24) is 4.31 Å². The van der Waals surface area contributed by atoms with Gasteiger partial charge < -0.3 is 5.73 Å². The van der Waals surface area contributed by atoms with Crippen LogP contribution in [0, 0.1) is 0 Å². The van der Waals surface area contributed by atoms with Gasteiger partial charge in [0.15, 0.2) is 0 Å². The molecular formula is C22H18ClF3N2O3S. The topological polar surface area (TPSA) is 80.5 Å². The molecule has 0 aromatic heterocycles. The van der Waals surface area contributed by atoms with Gasteiger partial charge in [0.1, 0.15) is 6.04 Å². The van der Waals surface area contributed by atoms with Crippen LogP contribution < -0.4 is 5.73 Å². The van der Waals surface area contributed by atoms with E-state index in [0.717, 1.165) is 16.4 Å². The Morgan fingerprint density at radius 3 is 2.16 bits per heavy atom. The van der Waals surface area contributed by atoms with Crippen LogP contribution in [-0.4, -0.2) is 18.6 Å². The number of primary amides is 1. The Balaban J connectivity index is 2.15. The summed E-state index contributed by atoms with van der Waals surface area (Å²) in [6.07, 6.45) is -4.61. The third-order valence-corrected chi connectivity index (χ3v) is 6.76. The molecule has 0 aliphatic carbocycles. The molecule has 0 fully saturated rings. The van der Waals surface area contributed by atoms with Gasteiger partial charge in [-0.1, -0.05) is 60.1 Å². The molecule has 1 unspecified atom stereocenters. The zero-order valence-corrected chi connectivity index (χ0v) is 18.0. The largest absolute Gasteiger partial charge is 0.416 e. The molecule has 1 atom stereocenters. The summed E-state index contributed by atoms with van der Waals surface area (Å²) < 4.78 is 67.3. The van der Waals surface area contributed by atoms with Gasteiger partial charge in [-0.3, -0.25) is 4.79 Å². The number of nitrogens with zero attached hydrogens (tertiary/aromatic N) is 1. The highest BCUT2D eigenvalue weighted by Crippen LogP contribution is 2.33. The maximum atomic E-state index is 13.5. The number of carbonyl (C=O) groups is 1. The Hall–Kier alpha value is -2.88. The van der Waals surface area contributed by atoms with Gasteiger partial charge in [-0.05, 0) is 41.5 Å². The molecule has 3 aromatic rings. The Morgan fingerprint density at radius 1 is 0.969 bits per heavy atom. The smallest absolute Gasteiger partial charge is 0.368 e. The molecule has 32 heavy (non-hydrogen) atoms. The summed E-state index contributed by atoms with van der Waals surface area (Å²) in [5.74, 6) is -0.972. The van der Waals surface area contributed by atoms with Crippen LogP contribution in [0.4, 0.5) is 13.2 Å². The maximum absolute atomic E-state index is 13.5. The lowest BCUT2D eigenvalue weighted by Crippen LogP contribution is -2.41. The fourth-order valence-electron chi connectivity index (χ4n) is 3.19. The number of alkyl halides is 3. The Kier molecular flexibility index (Phi) is 6.92. The van der Waals surface area contributed by atoms with Crippen LogP contribution in [0.15, 0.2) is 83.8 Å². The number of halogens is 4. The van der Waals surface area contributed by atoms with E-state index in [1.54, 1.807) is 18.2 Å². The van der Waals surface area contributed by atoms with E-state index in [-0.39, 0.29) is 16.0 Å². The van der Waals surface area contributed by atoms with Gasteiger partial charge in [0.25, 0.3) is 0 Å². The average Bonchev–Trinajstić information content (AvgIpc) is 2.74. The highest BCUT2D eigenvalue weighted by atomic mass is 35.5. The monoisotopic (exact) mass is 482 g/mol. The summed E-state index contributed by atoms with van der Waals surface area (Å²) in [6.45, 7) is -0.516. The number of sulfonamides is 1. The van der Waals surface area contributed by atoms with Crippen LogP contribution in [0.2, 0.25) is 5.02 Å². The molecule has 0 bridgehead atoms. The summed E-state index contributed by atoms with van der Waals surface area (Å²) in [5.41, 5.74) is 4.96. The van der Waals surface area contributed by atoms with E-state index in [1.807, 2.05) is 0 Å². The van der Waals surface area contributed by atoms with Gasteiger partial charge in [0, 0.05) is 11.6 Å². The summed E-state index contributed by atoms with van der Waals surface area (Å²) in [5, 5.41) is 0.294. The van der Waals surface area contributed by atoms with Crippen molar-refractivity contribution in [2.45, 2.75) is 23.7 Å². The third-order valence-electron chi connectivity index (χ3n) is 4.69. The first kappa shape index (κ1) is 23.8. The van der Waals surface area contributed by atoms with E-state index >= 15 is 0 Å². The first-order valence-electron chi connectivity index (χ1n) is 9.28. The van der Waals surface area contributed by atoms with Gasteiger partial charge in [0.05, 0.1) is 10.5 Å². The van der Waals surface area contributed by atoms with Gasteiger partial charge >= 0.3 is 6.18 Å². The first-order valence-corrected chi connectivity index (χ1v) is 11.1. The number of hydrogen-bond donors (Lipinski definition) is 1. The third kappa shape index (κ3) is 5.29. The van der Waals surface area contributed by atoms with Gasteiger partial charge in [-0.15, -0.1) is 0 Å². The predicted octanol–water partition coefficient (Wildman–Crippen LogP) is 4.78. The molecule has 2 N–H and O–H groups in total. The Labute approximate surface area is 188 Å². The lowest BCUT2D eigenvalue weighted by Gasteiger charge is -2.29. The number of rotatable bonds is 7. The highest BCUT2D eigenvalue weighted by Gasteiger charge is 2.37. The molecule has 0 heterocycles. The number of nitrogens with two attached hydrogens (primary N) is 1. The van der Waals surface area contributed by atoms with Crippen molar-refractivity contribution in [2.75, 3.05) is 0 Å². The molecular weight excluding hydrogens is 465 g/mol. The van der Waals surface area contributed by atoms with Crippen LogP contribution in [0.1, 0.15) is 22.7 Å². The van der Waals surface area contributed by atoms with Crippen molar-refractivity contribution in [1.29, 1.82) is 0 Å². The Bertz CT molecular complexity index is 1200. The maximum Gasteiger partial charge on any atom is 0.416 e. The molecule has 5 nitrogen and oxygen atoms in total. The van der Waals surface area contributed by atoms with Crippen molar-refractivity contribution in [3.05, 3.63) is 101 Å². The van der Waals surface area contributed by atoms with E-state index in [2.05, 4.69) is 0 Å². The minimum absolute atomic E-state index is 0.0412. The lowest BCUT2D eigenvalue weighted by molar-refractivity contribution is -0.137. The number of benzene rings is 3. The summed E-state index contributed by atoms with van der Waals surface area (Å²) in [7, 11) is -4.36. The first-order chi connectivity index (χ1) is 15.0. The molecule has 0 saturated heterocycles. The summed E-state index contributed by atoms with van der Waals surface area (Å²) in [4.78, 5) is 12.2. The van der Waals surface area contributed by atoms with Gasteiger partial charge in [-0.25, -0.2) is 8.42 Å². The van der Waals surface area contributed by atoms with Crippen molar-refractivity contribution < 1.29 is 26.4 Å². The van der Waals surface area contributed by atoms with E-state index in [1.165, 1.54) is 48.5 Å². The van der Waals surface area contributed by atoms with Crippen LogP contribution in [0.5, 0.6) is 0 Å². The molecule has 0 aliphatic heterocycles. The van der Waals surface area contributed by atoms with Crippen LogP contribution in [-0.2, 0) is 27.5 Å². The quantitative estimate of drug-likeness (QED) is 0.526. The predicted molar refractivity (Wildman–Crippen MR) is 114 cm³/mol. The zero-order chi connectivity index (χ0) is 23.5.